The summed E-state index contributed by atoms with van der Waals surface area (Å²) in [6.45, 7) is 2.01. The number of thiazole rings is 1. The molecule has 126 valence electrons. The van der Waals surface area contributed by atoms with Crippen LogP contribution in [-0.4, -0.2) is 23.5 Å². The van der Waals surface area contributed by atoms with Crippen molar-refractivity contribution in [1.29, 1.82) is 0 Å². The summed E-state index contributed by atoms with van der Waals surface area (Å²) in [4.78, 5) is 28.5. The number of nitrogens with one attached hydrogen (secondary N) is 1. The number of aromatic nitrogens is 1. The number of amides is 1. The zero-order valence-corrected chi connectivity index (χ0v) is 14.4. The van der Waals surface area contributed by atoms with E-state index in [0.29, 0.717) is 11.3 Å². The van der Waals surface area contributed by atoms with Crippen molar-refractivity contribution in [3.05, 3.63) is 65.2 Å². The average Bonchev–Trinajstić information content (AvgIpc) is 3.03. The summed E-state index contributed by atoms with van der Waals surface area (Å²) in [5.41, 5.74) is 1.64. The maximum absolute atomic E-state index is 12.2. The van der Waals surface area contributed by atoms with Crippen LogP contribution in [0.2, 0.25) is 0 Å². The first-order valence-corrected chi connectivity index (χ1v) is 8.60. The number of fused-ring (bicyclic) bond motifs is 1. The van der Waals surface area contributed by atoms with E-state index in [4.69, 9.17) is 4.74 Å². The molecule has 2 aromatic carbocycles. The molecule has 3 rings (SSSR count). The van der Waals surface area contributed by atoms with Crippen molar-refractivity contribution in [3.63, 3.8) is 0 Å². The van der Waals surface area contributed by atoms with E-state index in [1.54, 1.807) is 37.3 Å². The molecule has 0 aliphatic heterocycles. The molecule has 5 nitrogen and oxygen atoms in total. The standard InChI is InChI=1S/C19H16N2O3S/c1-2-24-19(23)13-7-3-4-8-14(13)20-17(22)11-12-18-21-15-9-5-6-10-16(15)25-18/h3-12H,2H2,1H3,(H,20,22)/b12-11+. The van der Waals surface area contributed by atoms with Gasteiger partial charge in [-0.05, 0) is 37.3 Å². The first kappa shape index (κ1) is 16.9. The minimum Gasteiger partial charge on any atom is -0.462 e. The summed E-state index contributed by atoms with van der Waals surface area (Å²) in [6, 6.07) is 14.5. The van der Waals surface area contributed by atoms with E-state index >= 15 is 0 Å². The summed E-state index contributed by atoms with van der Waals surface area (Å²) < 4.78 is 6.06. The van der Waals surface area contributed by atoms with Crippen LogP contribution in [-0.2, 0) is 9.53 Å². The van der Waals surface area contributed by atoms with Crippen molar-refractivity contribution in [2.24, 2.45) is 0 Å². The molecule has 1 aromatic heterocycles. The number of esters is 1. The van der Waals surface area contributed by atoms with E-state index in [0.717, 1.165) is 15.2 Å². The van der Waals surface area contributed by atoms with Crippen molar-refractivity contribution in [1.82, 2.24) is 4.98 Å². The van der Waals surface area contributed by atoms with Crippen LogP contribution >= 0.6 is 11.3 Å². The van der Waals surface area contributed by atoms with Crippen LogP contribution in [0.25, 0.3) is 16.3 Å². The van der Waals surface area contributed by atoms with Crippen LogP contribution in [0.1, 0.15) is 22.3 Å². The minimum absolute atomic E-state index is 0.276. The second kappa shape index (κ2) is 7.72. The Morgan fingerprint density at radius 3 is 2.72 bits per heavy atom. The van der Waals surface area contributed by atoms with E-state index in [-0.39, 0.29) is 12.5 Å². The lowest BCUT2D eigenvalue weighted by Crippen LogP contribution is -2.13. The predicted molar refractivity (Wildman–Crippen MR) is 99.7 cm³/mol. The van der Waals surface area contributed by atoms with E-state index in [2.05, 4.69) is 10.3 Å². The van der Waals surface area contributed by atoms with Crippen molar-refractivity contribution in [2.45, 2.75) is 6.92 Å². The van der Waals surface area contributed by atoms with E-state index in [1.165, 1.54) is 17.4 Å². The summed E-state index contributed by atoms with van der Waals surface area (Å²) >= 11 is 1.51. The van der Waals surface area contributed by atoms with Gasteiger partial charge in [0.05, 0.1) is 28.1 Å². The normalized spacial score (nSPS) is 10.9. The number of carbonyl (C=O) groups is 2. The van der Waals surface area contributed by atoms with E-state index in [9.17, 15) is 9.59 Å². The van der Waals surface area contributed by atoms with Gasteiger partial charge in [0, 0.05) is 6.08 Å². The molecule has 0 radical (unpaired) electrons. The van der Waals surface area contributed by atoms with Crippen LogP contribution in [0.3, 0.4) is 0 Å². The summed E-state index contributed by atoms with van der Waals surface area (Å²) in [7, 11) is 0. The quantitative estimate of drug-likeness (QED) is 0.554. The van der Waals surface area contributed by atoms with Crippen LogP contribution in [0.5, 0.6) is 0 Å². The third-order valence-corrected chi connectivity index (χ3v) is 4.37. The van der Waals surface area contributed by atoms with Gasteiger partial charge in [0.25, 0.3) is 0 Å². The fourth-order valence-corrected chi connectivity index (χ4v) is 3.13. The molecule has 0 unspecified atom stereocenters. The number of hydrogen-bond acceptors (Lipinski definition) is 5. The number of rotatable bonds is 5. The molecule has 0 saturated carbocycles. The third-order valence-electron chi connectivity index (χ3n) is 3.37. The zero-order valence-electron chi connectivity index (χ0n) is 13.6. The van der Waals surface area contributed by atoms with Gasteiger partial charge in [-0.2, -0.15) is 0 Å². The Bertz CT molecular complexity index is 914. The number of anilines is 1. The lowest BCUT2D eigenvalue weighted by molar-refractivity contribution is -0.111. The fourth-order valence-electron chi connectivity index (χ4n) is 2.26. The molecule has 0 saturated heterocycles. The Morgan fingerprint density at radius 2 is 1.92 bits per heavy atom. The highest BCUT2D eigenvalue weighted by molar-refractivity contribution is 7.19. The number of hydrogen-bond donors (Lipinski definition) is 1. The highest BCUT2D eigenvalue weighted by Gasteiger charge is 2.12. The topological polar surface area (TPSA) is 68.3 Å². The maximum Gasteiger partial charge on any atom is 0.340 e. The van der Waals surface area contributed by atoms with Crippen LogP contribution in [0.15, 0.2) is 54.6 Å². The molecular weight excluding hydrogens is 336 g/mol. The Morgan fingerprint density at radius 1 is 1.16 bits per heavy atom. The van der Waals surface area contributed by atoms with Gasteiger partial charge in [0.1, 0.15) is 5.01 Å². The van der Waals surface area contributed by atoms with Crippen molar-refractivity contribution in [3.8, 4) is 0 Å². The summed E-state index contributed by atoms with van der Waals surface area (Å²) in [5.74, 6) is -0.801. The Kier molecular flexibility index (Phi) is 5.20. The highest BCUT2D eigenvalue weighted by Crippen LogP contribution is 2.22. The molecule has 0 bridgehead atoms. The average molecular weight is 352 g/mol. The van der Waals surface area contributed by atoms with Gasteiger partial charge >= 0.3 is 5.97 Å². The van der Waals surface area contributed by atoms with Crippen LogP contribution in [0.4, 0.5) is 5.69 Å². The van der Waals surface area contributed by atoms with Crippen LogP contribution < -0.4 is 5.32 Å². The fraction of sp³-hybridized carbons (Fsp3) is 0.105. The van der Waals surface area contributed by atoms with Gasteiger partial charge < -0.3 is 10.1 Å². The lowest BCUT2D eigenvalue weighted by Gasteiger charge is -2.08. The number of para-hydroxylation sites is 2. The lowest BCUT2D eigenvalue weighted by atomic mass is 10.2. The number of benzene rings is 2. The Hall–Kier alpha value is -2.99. The second-order valence-corrected chi connectivity index (χ2v) is 6.17. The summed E-state index contributed by atoms with van der Waals surface area (Å²) in [6.07, 6.45) is 3.06. The monoisotopic (exact) mass is 352 g/mol. The molecule has 0 spiro atoms. The maximum atomic E-state index is 12.2. The molecule has 6 heteroatoms. The second-order valence-electron chi connectivity index (χ2n) is 5.11. The molecule has 3 aromatic rings. The van der Waals surface area contributed by atoms with Gasteiger partial charge in [-0.3, -0.25) is 4.79 Å². The Balaban J connectivity index is 1.73. The smallest absolute Gasteiger partial charge is 0.340 e. The third kappa shape index (κ3) is 4.10. The first-order chi connectivity index (χ1) is 12.2. The first-order valence-electron chi connectivity index (χ1n) is 7.78. The predicted octanol–water partition coefficient (Wildman–Crippen LogP) is 4.12. The van der Waals surface area contributed by atoms with Gasteiger partial charge in [0.15, 0.2) is 0 Å². The minimum atomic E-state index is -0.464. The van der Waals surface area contributed by atoms with Crippen LogP contribution in [0, 0.1) is 0 Å². The van der Waals surface area contributed by atoms with Crippen molar-refractivity contribution in [2.75, 3.05) is 11.9 Å². The van der Waals surface area contributed by atoms with Crippen molar-refractivity contribution >= 4 is 45.2 Å². The largest absolute Gasteiger partial charge is 0.462 e. The Labute approximate surface area is 149 Å². The van der Waals surface area contributed by atoms with Crippen molar-refractivity contribution < 1.29 is 14.3 Å². The molecule has 1 N–H and O–H groups in total. The molecule has 0 atom stereocenters. The van der Waals surface area contributed by atoms with Gasteiger partial charge in [0.2, 0.25) is 5.91 Å². The highest BCUT2D eigenvalue weighted by atomic mass is 32.1. The number of carbonyl (C=O) groups excluding carboxylic acids is 2. The van der Waals surface area contributed by atoms with E-state index in [1.807, 2.05) is 24.3 Å². The molecule has 25 heavy (non-hydrogen) atoms. The molecule has 0 fully saturated rings. The van der Waals surface area contributed by atoms with Gasteiger partial charge in [-0.25, -0.2) is 9.78 Å². The molecule has 0 aliphatic carbocycles. The molecule has 1 amide bonds. The molecular formula is C19H16N2O3S. The number of nitrogens with zero attached hydrogens (tertiary/aromatic N) is 1. The summed E-state index contributed by atoms with van der Waals surface area (Å²) in [5, 5.41) is 3.45. The van der Waals surface area contributed by atoms with Gasteiger partial charge in [-0.1, -0.05) is 24.3 Å². The zero-order chi connectivity index (χ0) is 17.6. The SMILES string of the molecule is CCOC(=O)c1ccccc1NC(=O)/C=C/c1nc2ccccc2s1. The number of ether oxygens (including phenoxy) is 1. The van der Waals surface area contributed by atoms with E-state index < -0.39 is 5.97 Å². The van der Waals surface area contributed by atoms with Gasteiger partial charge in [-0.15, -0.1) is 11.3 Å². The molecule has 1 heterocycles. The molecule has 0 aliphatic rings.